The number of hydrogen-bond donors (Lipinski definition) is 3. The van der Waals surface area contributed by atoms with E-state index in [1.165, 1.54) is 27.7 Å². The molecule has 2 aromatic rings. The molecule has 1 fully saturated rings. The van der Waals surface area contributed by atoms with E-state index in [4.69, 9.17) is 5.73 Å². The molecule has 2 heterocycles. The Morgan fingerprint density at radius 3 is 2.88 bits per heavy atom. The number of aromatic nitrogens is 4. The molecule has 9 nitrogen and oxygen atoms in total. The molecule has 1 aliphatic rings. The molecule has 26 heavy (non-hydrogen) atoms. The van der Waals surface area contributed by atoms with Crippen molar-refractivity contribution in [3.63, 3.8) is 0 Å². The van der Waals surface area contributed by atoms with Crippen LogP contribution in [0.2, 0.25) is 0 Å². The summed E-state index contributed by atoms with van der Waals surface area (Å²) in [4.78, 5) is 38.6. The highest BCUT2D eigenvalue weighted by atomic mass is 32.2. The van der Waals surface area contributed by atoms with E-state index < -0.39 is 17.0 Å². The van der Waals surface area contributed by atoms with Crippen LogP contribution >= 0.6 is 23.1 Å². The minimum atomic E-state index is -0.741. The van der Waals surface area contributed by atoms with Gasteiger partial charge in [0.1, 0.15) is 11.4 Å². The summed E-state index contributed by atoms with van der Waals surface area (Å²) >= 11 is 2.55. The fourth-order valence-electron chi connectivity index (χ4n) is 2.44. The molecule has 0 atom stereocenters. The van der Waals surface area contributed by atoms with Crippen LogP contribution in [0.1, 0.15) is 49.0 Å². The molecule has 140 valence electrons. The zero-order valence-corrected chi connectivity index (χ0v) is 15.9. The predicted octanol–water partition coefficient (Wildman–Crippen LogP) is 1.49. The van der Waals surface area contributed by atoms with Gasteiger partial charge in [0.05, 0.1) is 5.75 Å². The molecule has 11 heteroatoms. The molecule has 0 aromatic carbocycles. The molecule has 1 aliphatic carbocycles. The molecule has 0 spiro atoms. The van der Waals surface area contributed by atoms with E-state index in [9.17, 15) is 14.4 Å². The lowest BCUT2D eigenvalue weighted by Gasteiger charge is -2.10. The van der Waals surface area contributed by atoms with Crippen molar-refractivity contribution in [2.24, 2.45) is 0 Å². The van der Waals surface area contributed by atoms with Gasteiger partial charge in [0.25, 0.3) is 5.56 Å². The van der Waals surface area contributed by atoms with E-state index in [0.717, 1.165) is 32.2 Å². The molecule has 0 unspecified atom stereocenters. The summed E-state index contributed by atoms with van der Waals surface area (Å²) in [5.74, 6) is -0.482. The molecule has 4 N–H and O–H groups in total. The van der Waals surface area contributed by atoms with Crippen LogP contribution in [-0.2, 0) is 0 Å². The zero-order chi connectivity index (χ0) is 18.7. The van der Waals surface area contributed by atoms with Crippen LogP contribution in [0, 0.1) is 0 Å². The zero-order valence-electron chi connectivity index (χ0n) is 14.3. The van der Waals surface area contributed by atoms with Crippen LogP contribution in [0.4, 0.5) is 10.9 Å². The van der Waals surface area contributed by atoms with Gasteiger partial charge in [0, 0.05) is 12.6 Å². The van der Waals surface area contributed by atoms with E-state index in [-0.39, 0.29) is 23.2 Å². The largest absolute Gasteiger partial charge is 0.384 e. The van der Waals surface area contributed by atoms with Gasteiger partial charge in [0.2, 0.25) is 5.13 Å². The van der Waals surface area contributed by atoms with Gasteiger partial charge in [-0.2, -0.15) is 0 Å². The Hall–Kier alpha value is -2.14. The number of H-pyrrole nitrogens is 1. The smallest absolute Gasteiger partial charge is 0.330 e. The van der Waals surface area contributed by atoms with Gasteiger partial charge in [-0.15, -0.1) is 10.2 Å². The number of Topliss-reactive ketones (excluding diaryl/α,β-unsaturated/α-hetero) is 1. The third-order valence-corrected chi connectivity index (χ3v) is 5.93. The molecule has 1 saturated carbocycles. The number of carbonyl (C=O) groups excluding carboxylic acids is 1. The fraction of sp³-hybridized carbons (Fsp3) is 0.533. The number of unbranched alkanes of at least 4 members (excludes halogenated alkanes) is 1. The molecule has 2 aromatic heterocycles. The normalized spacial score (nSPS) is 13.7. The number of hydrogen-bond acceptors (Lipinski definition) is 9. The van der Waals surface area contributed by atoms with Crippen molar-refractivity contribution in [2.75, 3.05) is 23.3 Å². The number of aromatic amines is 1. The van der Waals surface area contributed by atoms with Crippen LogP contribution in [0.15, 0.2) is 13.9 Å². The highest BCUT2D eigenvalue weighted by Crippen LogP contribution is 2.35. The first-order valence-electron chi connectivity index (χ1n) is 8.39. The highest BCUT2D eigenvalue weighted by molar-refractivity contribution is 8.01. The minimum Gasteiger partial charge on any atom is -0.384 e. The van der Waals surface area contributed by atoms with Crippen molar-refractivity contribution in [2.45, 2.75) is 43.0 Å². The monoisotopic (exact) mass is 396 g/mol. The molecule has 3 rings (SSSR count). The Labute approximate surface area is 157 Å². The van der Waals surface area contributed by atoms with E-state index in [2.05, 4.69) is 27.4 Å². The SMILES string of the molecule is CCCCNc1nnc(SCC(=O)c2c(N)n(C3CC3)c(=O)[nH]c2=O)s1. The average molecular weight is 396 g/mol. The third kappa shape index (κ3) is 4.15. The van der Waals surface area contributed by atoms with Crippen LogP contribution in [0.5, 0.6) is 0 Å². The average Bonchev–Trinajstić information content (AvgIpc) is 3.31. The maximum absolute atomic E-state index is 12.5. The Kier molecular flexibility index (Phi) is 5.77. The summed E-state index contributed by atoms with van der Waals surface area (Å²) in [5, 5.41) is 11.9. The maximum atomic E-state index is 12.5. The number of nitrogens with one attached hydrogen (secondary N) is 2. The second-order valence-electron chi connectivity index (χ2n) is 5.99. The highest BCUT2D eigenvalue weighted by Gasteiger charge is 2.30. The molecule has 0 saturated heterocycles. The maximum Gasteiger partial charge on any atom is 0.330 e. The van der Waals surface area contributed by atoms with E-state index >= 15 is 0 Å². The Bertz CT molecular complexity index is 915. The number of thioether (sulfide) groups is 1. The molecule has 0 aliphatic heterocycles. The number of anilines is 2. The second-order valence-corrected chi connectivity index (χ2v) is 8.19. The van der Waals surface area contributed by atoms with Crippen LogP contribution in [0.3, 0.4) is 0 Å². The van der Waals surface area contributed by atoms with Crippen molar-refractivity contribution >= 4 is 39.8 Å². The van der Waals surface area contributed by atoms with Gasteiger partial charge in [-0.25, -0.2) is 4.79 Å². The van der Waals surface area contributed by atoms with Crippen molar-refractivity contribution in [3.05, 3.63) is 26.4 Å². The number of nitrogens with zero attached hydrogens (tertiary/aromatic N) is 3. The first-order valence-corrected chi connectivity index (χ1v) is 10.2. The standard InChI is InChI=1S/C15H20N6O3S2/c1-2-3-6-17-13-19-20-15(26-13)25-7-9(22)10-11(16)21(8-4-5-8)14(24)18-12(10)23/h8H,2-7,16H2,1H3,(H,17,19)(H,18,23,24). The van der Waals surface area contributed by atoms with Gasteiger partial charge in [-0.1, -0.05) is 36.4 Å². The van der Waals surface area contributed by atoms with E-state index in [1.807, 2.05) is 0 Å². The number of nitrogen functional groups attached to an aromatic ring is 1. The summed E-state index contributed by atoms with van der Waals surface area (Å²) in [5.41, 5.74) is 4.48. The van der Waals surface area contributed by atoms with E-state index in [0.29, 0.717) is 9.47 Å². The predicted molar refractivity (Wildman–Crippen MR) is 102 cm³/mol. The lowest BCUT2D eigenvalue weighted by Crippen LogP contribution is -2.36. The van der Waals surface area contributed by atoms with Crippen molar-refractivity contribution in [1.29, 1.82) is 0 Å². The number of nitrogens with two attached hydrogens (primary N) is 1. The first-order chi connectivity index (χ1) is 12.5. The summed E-state index contributed by atoms with van der Waals surface area (Å²) in [7, 11) is 0. The first kappa shape index (κ1) is 18.6. The number of ketones is 1. The Morgan fingerprint density at radius 1 is 1.42 bits per heavy atom. The van der Waals surface area contributed by atoms with Crippen molar-refractivity contribution in [3.8, 4) is 0 Å². The van der Waals surface area contributed by atoms with Crippen molar-refractivity contribution in [1.82, 2.24) is 19.7 Å². The quantitative estimate of drug-likeness (QED) is 0.329. The van der Waals surface area contributed by atoms with Crippen LogP contribution in [0.25, 0.3) is 0 Å². The van der Waals surface area contributed by atoms with Gasteiger partial charge in [-0.3, -0.25) is 19.1 Å². The Balaban J connectivity index is 1.68. The summed E-state index contributed by atoms with van der Waals surface area (Å²) in [6.07, 6.45) is 3.76. The van der Waals surface area contributed by atoms with Crippen LogP contribution < -0.4 is 22.3 Å². The molecular weight excluding hydrogens is 376 g/mol. The third-order valence-electron chi connectivity index (χ3n) is 3.91. The van der Waals surface area contributed by atoms with Gasteiger partial charge in [0.15, 0.2) is 10.1 Å². The number of carbonyl (C=O) groups is 1. The summed E-state index contributed by atoms with van der Waals surface area (Å²) < 4.78 is 1.93. The second kappa shape index (κ2) is 8.04. The van der Waals surface area contributed by atoms with Gasteiger partial charge < -0.3 is 11.1 Å². The Morgan fingerprint density at radius 2 is 2.19 bits per heavy atom. The lowest BCUT2D eigenvalue weighted by atomic mass is 10.2. The van der Waals surface area contributed by atoms with Crippen LogP contribution in [-0.4, -0.2) is 37.8 Å². The lowest BCUT2D eigenvalue weighted by molar-refractivity contribution is 0.102. The topological polar surface area (TPSA) is 136 Å². The van der Waals surface area contributed by atoms with Gasteiger partial charge >= 0.3 is 5.69 Å². The number of rotatable bonds is 9. The van der Waals surface area contributed by atoms with Gasteiger partial charge in [-0.05, 0) is 19.3 Å². The molecule has 0 radical (unpaired) electrons. The molecule has 0 bridgehead atoms. The van der Waals surface area contributed by atoms with E-state index in [1.54, 1.807) is 0 Å². The molecule has 0 amide bonds. The van der Waals surface area contributed by atoms with Crippen molar-refractivity contribution < 1.29 is 4.79 Å². The minimum absolute atomic E-state index is 0.000254. The molecular formula is C15H20N6O3S2. The summed E-state index contributed by atoms with van der Waals surface area (Å²) in [6, 6.07) is -0.0292. The summed E-state index contributed by atoms with van der Waals surface area (Å²) in [6.45, 7) is 2.93. The fourth-order valence-corrected chi connectivity index (χ4v) is 4.09.